The molecule has 1 aromatic carbocycles. The van der Waals surface area contributed by atoms with E-state index in [4.69, 9.17) is 17.3 Å². The summed E-state index contributed by atoms with van der Waals surface area (Å²) >= 11 is 7.07. The minimum absolute atomic E-state index is 0.512. The summed E-state index contributed by atoms with van der Waals surface area (Å²) in [5, 5.41) is 4.37. The second-order valence-corrected chi connectivity index (χ2v) is 3.27. The third kappa shape index (κ3) is 0.948. The highest BCUT2D eigenvalue weighted by molar-refractivity contribution is 7.13. The average molecular weight is 186 g/mol. The van der Waals surface area contributed by atoms with Crippen LogP contribution in [0.4, 0.5) is 5.69 Å². The first-order valence-corrected chi connectivity index (χ1v) is 4.10. The number of hydrogen-bond donors (Lipinski definition) is 1. The zero-order valence-electron chi connectivity index (χ0n) is 5.41. The Morgan fingerprint density at radius 3 is 3.09 bits per heavy atom. The second kappa shape index (κ2) is 2.32. The molecular weight excluding hydrogens is 182 g/mol. The minimum Gasteiger partial charge on any atom is -0.396 e. The van der Waals surface area contributed by atoms with Crippen LogP contribution in [0.1, 0.15) is 0 Å². The summed E-state index contributed by atoms with van der Waals surface area (Å²) in [7, 11) is 0. The van der Waals surface area contributed by atoms with E-state index in [1.54, 1.807) is 6.07 Å². The summed E-state index contributed by atoms with van der Waals surface area (Å²) in [5.41, 5.74) is 6.84. The van der Waals surface area contributed by atoms with Gasteiger partial charge < -0.3 is 5.73 Å². The van der Waals surface area contributed by atoms with E-state index in [1.165, 1.54) is 11.5 Å². The van der Waals surface area contributed by atoms with Gasteiger partial charge in [0.1, 0.15) is 5.52 Å². The largest absolute Gasteiger partial charge is 0.396 e. The Hall–Kier alpha value is -0.870. The third-order valence-electron chi connectivity index (χ3n) is 1.41. The Morgan fingerprint density at radius 1 is 1.45 bits per heavy atom. The molecule has 0 saturated carbocycles. The van der Waals surface area contributed by atoms with E-state index in [2.05, 4.69) is 9.59 Å². The van der Waals surface area contributed by atoms with Crippen molar-refractivity contribution < 1.29 is 0 Å². The lowest BCUT2D eigenvalue weighted by Gasteiger charge is -1.94. The molecule has 1 aromatic heterocycles. The Morgan fingerprint density at radius 2 is 2.27 bits per heavy atom. The Balaban J connectivity index is 2.93. The van der Waals surface area contributed by atoms with Crippen LogP contribution >= 0.6 is 23.1 Å². The molecule has 0 fully saturated rings. The van der Waals surface area contributed by atoms with Gasteiger partial charge in [0.05, 0.1) is 15.4 Å². The van der Waals surface area contributed by atoms with E-state index < -0.39 is 0 Å². The van der Waals surface area contributed by atoms with E-state index in [1.807, 2.05) is 6.07 Å². The predicted molar refractivity (Wildman–Crippen MR) is 46.8 cm³/mol. The van der Waals surface area contributed by atoms with Crippen LogP contribution in [0.5, 0.6) is 0 Å². The number of hydrogen-bond acceptors (Lipinski definition) is 4. The smallest absolute Gasteiger partial charge is 0.130 e. The van der Waals surface area contributed by atoms with Crippen molar-refractivity contribution in [3.63, 3.8) is 0 Å². The van der Waals surface area contributed by atoms with Crippen molar-refractivity contribution in [3.05, 3.63) is 17.2 Å². The molecule has 0 amide bonds. The van der Waals surface area contributed by atoms with Gasteiger partial charge >= 0.3 is 0 Å². The van der Waals surface area contributed by atoms with Gasteiger partial charge in [0, 0.05) is 0 Å². The number of nitrogens with zero attached hydrogens (tertiary/aromatic N) is 2. The van der Waals surface area contributed by atoms with Gasteiger partial charge in [-0.05, 0) is 23.7 Å². The van der Waals surface area contributed by atoms with Gasteiger partial charge in [0.25, 0.3) is 0 Å². The molecule has 0 spiro atoms. The molecule has 11 heavy (non-hydrogen) atoms. The summed E-state index contributed by atoms with van der Waals surface area (Å²) < 4.78 is 4.72. The summed E-state index contributed by atoms with van der Waals surface area (Å²) in [5.74, 6) is 0. The Kier molecular flexibility index (Phi) is 1.44. The van der Waals surface area contributed by atoms with Crippen molar-refractivity contribution in [2.24, 2.45) is 0 Å². The van der Waals surface area contributed by atoms with Crippen molar-refractivity contribution in [3.8, 4) is 0 Å². The van der Waals surface area contributed by atoms with E-state index in [9.17, 15) is 0 Å². The number of nitrogens with two attached hydrogens (primary N) is 1. The molecule has 2 rings (SSSR count). The molecule has 0 aliphatic rings. The molecular formula is C6H4ClN3S. The molecule has 2 aromatic rings. The van der Waals surface area contributed by atoms with E-state index in [-0.39, 0.29) is 0 Å². The lowest BCUT2D eigenvalue weighted by atomic mass is 10.3. The lowest BCUT2D eigenvalue weighted by Crippen LogP contribution is -1.87. The molecule has 0 aliphatic heterocycles. The maximum absolute atomic E-state index is 5.76. The fourth-order valence-corrected chi connectivity index (χ4v) is 1.57. The van der Waals surface area contributed by atoms with E-state index in [0.717, 1.165) is 4.70 Å². The summed E-state index contributed by atoms with van der Waals surface area (Å²) in [6, 6.07) is 3.61. The first-order valence-electron chi connectivity index (χ1n) is 2.95. The molecule has 5 heteroatoms. The Bertz CT molecular complexity index is 398. The van der Waals surface area contributed by atoms with Crippen LogP contribution in [0.2, 0.25) is 5.02 Å². The van der Waals surface area contributed by atoms with Gasteiger partial charge in [-0.2, -0.15) is 0 Å². The van der Waals surface area contributed by atoms with E-state index >= 15 is 0 Å². The number of benzene rings is 1. The average Bonchev–Trinajstić information content (AvgIpc) is 2.45. The molecule has 0 unspecified atom stereocenters. The maximum Gasteiger partial charge on any atom is 0.130 e. The van der Waals surface area contributed by atoms with Gasteiger partial charge in [0.15, 0.2) is 0 Å². The van der Waals surface area contributed by atoms with Crippen molar-refractivity contribution in [2.75, 3.05) is 5.73 Å². The fourth-order valence-electron chi connectivity index (χ4n) is 0.845. The first kappa shape index (κ1) is 6.82. The molecule has 0 atom stereocenters. The number of fused-ring (bicyclic) bond motifs is 1. The van der Waals surface area contributed by atoms with Gasteiger partial charge in [-0.15, -0.1) is 5.10 Å². The van der Waals surface area contributed by atoms with Gasteiger partial charge in [0.2, 0.25) is 0 Å². The Labute approximate surface area is 71.9 Å². The third-order valence-corrected chi connectivity index (χ3v) is 2.43. The molecule has 56 valence electrons. The molecule has 1 heterocycles. The summed E-state index contributed by atoms with van der Waals surface area (Å²) in [4.78, 5) is 0. The highest BCUT2D eigenvalue weighted by Crippen LogP contribution is 2.27. The summed E-state index contributed by atoms with van der Waals surface area (Å²) in [6.07, 6.45) is 0. The minimum atomic E-state index is 0.512. The van der Waals surface area contributed by atoms with Crippen LogP contribution in [-0.2, 0) is 0 Å². The maximum atomic E-state index is 5.76. The molecule has 0 bridgehead atoms. The number of anilines is 1. The monoisotopic (exact) mass is 185 g/mol. The highest BCUT2D eigenvalue weighted by Gasteiger charge is 2.04. The van der Waals surface area contributed by atoms with Crippen molar-refractivity contribution in [2.45, 2.75) is 0 Å². The fraction of sp³-hybridized carbons (Fsp3) is 0. The number of halogens is 1. The van der Waals surface area contributed by atoms with Crippen molar-refractivity contribution in [1.29, 1.82) is 0 Å². The lowest BCUT2D eigenvalue weighted by molar-refractivity contribution is 1.20. The van der Waals surface area contributed by atoms with Crippen LogP contribution in [0, 0.1) is 0 Å². The zero-order chi connectivity index (χ0) is 7.84. The zero-order valence-corrected chi connectivity index (χ0v) is 6.99. The topological polar surface area (TPSA) is 51.8 Å². The second-order valence-electron chi connectivity index (χ2n) is 2.08. The molecule has 0 aliphatic carbocycles. The van der Waals surface area contributed by atoms with Crippen LogP contribution in [0.15, 0.2) is 12.1 Å². The summed E-state index contributed by atoms with van der Waals surface area (Å²) in [6.45, 7) is 0. The van der Waals surface area contributed by atoms with Crippen LogP contribution in [-0.4, -0.2) is 9.59 Å². The molecule has 3 nitrogen and oxygen atoms in total. The molecule has 2 N–H and O–H groups in total. The normalized spacial score (nSPS) is 10.6. The van der Waals surface area contributed by atoms with Crippen LogP contribution in [0.3, 0.4) is 0 Å². The van der Waals surface area contributed by atoms with Crippen LogP contribution < -0.4 is 5.73 Å². The number of aromatic nitrogens is 2. The van der Waals surface area contributed by atoms with Crippen molar-refractivity contribution in [1.82, 2.24) is 9.59 Å². The number of rotatable bonds is 0. The first-order chi connectivity index (χ1) is 5.29. The van der Waals surface area contributed by atoms with Crippen molar-refractivity contribution >= 4 is 39.0 Å². The van der Waals surface area contributed by atoms with Gasteiger partial charge in [-0.1, -0.05) is 16.1 Å². The molecule has 0 saturated heterocycles. The van der Waals surface area contributed by atoms with Crippen LogP contribution in [0.25, 0.3) is 10.2 Å². The van der Waals surface area contributed by atoms with Gasteiger partial charge in [-0.25, -0.2) is 0 Å². The quantitative estimate of drug-likeness (QED) is 0.638. The predicted octanol–water partition coefficient (Wildman–Crippen LogP) is 1.93. The SMILES string of the molecule is Nc1c(Cl)ccc2snnc12. The molecule has 0 radical (unpaired) electrons. The van der Waals surface area contributed by atoms with Gasteiger partial charge in [-0.3, -0.25) is 0 Å². The number of nitrogen functional groups attached to an aromatic ring is 1. The highest BCUT2D eigenvalue weighted by atomic mass is 35.5. The standard InChI is InChI=1S/C6H4ClN3S/c7-3-1-2-4-6(5(3)8)9-10-11-4/h1-2H,8H2. The van der Waals surface area contributed by atoms with E-state index in [0.29, 0.717) is 16.2 Å².